The Balaban J connectivity index is 2.34. The van der Waals surface area contributed by atoms with E-state index in [4.69, 9.17) is 0 Å². The fraction of sp³-hybridized carbons (Fsp3) is 0.571. The second-order valence-corrected chi connectivity index (χ2v) is 5.44. The molecule has 1 aromatic rings. The number of carbonyl (C=O) groups is 1. The molecule has 0 bridgehead atoms. The summed E-state index contributed by atoms with van der Waals surface area (Å²) in [5.41, 5.74) is 1.98. The van der Waals surface area contributed by atoms with Crippen molar-refractivity contribution in [1.82, 2.24) is 4.98 Å². The van der Waals surface area contributed by atoms with Crippen LogP contribution in [0.25, 0.3) is 0 Å². The van der Waals surface area contributed by atoms with Gasteiger partial charge in [-0.2, -0.15) is 0 Å². The van der Waals surface area contributed by atoms with Crippen LogP contribution in [0, 0.1) is 5.41 Å². The molecule has 1 heterocycles. The Morgan fingerprint density at radius 3 is 2.62 bits per heavy atom. The maximum Gasteiger partial charge on any atom is 0.168 e. The molecule has 0 aliphatic rings. The number of hydrogen-bond donors (Lipinski definition) is 0. The standard InChI is InChI=1S/C14H21NO/c1-14(2,3)10-5-4-7-12-8-6-9-13(11-16)15-12/h6,8-9,11H,4-5,7,10H2,1-3H3. The number of aldehydes is 1. The average Bonchev–Trinajstić information content (AvgIpc) is 2.23. The van der Waals surface area contributed by atoms with Gasteiger partial charge in [0.2, 0.25) is 0 Å². The van der Waals surface area contributed by atoms with Crippen LogP contribution in [0.3, 0.4) is 0 Å². The molecule has 0 saturated carbocycles. The molecule has 0 fully saturated rings. The van der Waals surface area contributed by atoms with Gasteiger partial charge in [-0.25, -0.2) is 0 Å². The van der Waals surface area contributed by atoms with E-state index in [0.29, 0.717) is 11.1 Å². The molecule has 16 heavy (non-hydrogen) atoms. The van der Waals surface area contributed by atoms with E-state index >= 15 is 0 Å². The summed E-state index contributed by atoms with van der Waals surface area (Å²) in [6.45, 7) is 6.79. The molecule has 2 nitrogen and oxygen atoms in total. The molecule has 0 aliphatic carbocycles. The third kappa shape index (κ3) is 5.06. The van der Waals surface area contributed by atoms with Crippen LogP contribution in [0.1, 0.15) is 56.2 Å². The minimum atomic E-state index is 0.415. The molecule has 0 radical (unpaired) electrons. The van der Waals surface area contributed by atoms with Gasteiger partial charge in [0.1, 0.15) is 5.69 Å². The molecule has 1 rings (SSSR count). The van der Waals surface area contributed by atoms with Crippen molar-refractivity contribution < 1.29 is 4.79 Å². The van der Waals surface area contributed by atoms with Gasteiger partial charge in [0.05, 0.1) is 0 Å². The SMILES string of the molecule is CC(C)(C)CCCCc1cccc(C=O)n1. The number of pyridine rings is 1. The Morgan fingerprint density at radius 2 is 2.00 bits per heavy atom. The van der Waals surface area contributed by atoms with Gasteiger partial charge < -0.3 is 0 Å². The molecule has 2 heteroatoms. The molecule has 0 atom stereocenters. The molecule has 0 aliphatic heterocycles. The monoisotopic (exact) mass is 219 g/mol. The fourth-order valence-corrected chi connectivity index (χ4v) is 1.66. The Kier molecular flexibility index (Phi) is 4.66. The first-order chi connectivity index (χ1) is 7.51. The summed E-state index contributed by atoms with van der Waals surface area (Å²) in [5.74, 6) is 0. The van der Waals surface area contributed by atoms with E-state index in [1.54, 1.807) is 6.07 Å². The summed E-state index contributed by atoms with van der Waals surface area (Å²) in [6, 6.07) is 5.63. The quantitative estimate of drug-likeness (QED) is 0.559. The van der Waals surface area contributed by atoms with Crippen molar-refractivity contribution in [2.24, 2.45) is 5.41 Å². The van der Waals surface area contributed by atoms with E-state index in [-0.39, 0.29) is 0 Å². The summed E-state index contributed by atoms with van der Waals surface area (Å²) < 4.78 is 0. The summed E-state index contributed by atoms with van der Waals surface area (Å²) >= 11 is 0. The third-order valence-corrected chi connectivity index (χ3v) is 2.56. The lowest BCUT2D eigenvalue weighted by Crippen LogP contribution is -2.04. The number of rotatable bonds is 5. The van der Waals surface area contributed by atoms with Gasteiger partial charge in [-0.1, -0.05) is 33.3 Å². The van der Waals surface area contributed by atoms with Crippen LogP contribution in [0.5, 0.6) is 0 Å². The Labute approximate surface area is 98.1 Å². The van der Waals surface area contributed by atoms with E-state index < -0.39 is 0 Å². The summed E-state index contributed by atoms with van der Waals surface area (Å²) in [5, 5.41) is 0. The average molecular weight is 219 g/mol. The lowest BCUT2D eigenvalue weighted by atomic mass is 9.89. The predicted octanol–water partition coefficient (Wildman–Crippen LogP) is 3.65. The molecular formula is C14H21NO. The van der Waals surface area contributed by atoms with Crippen molar-refractivity contribution >= 4 is 6.29 Å². The van der Waals surface area contributed by atoms with Crippen LogP contribution in [0.15, 0.2) is 18.2 Å². The van der Waals surface area contributed by atoms with Crippen molar-refractivity contribution in [2.45, 2.75) is 46.5 Å². The van der Waals surface area contributed by atoms with E-state index in [0.717, 1.165) is 24.8 Å². The molecule has 0 amide bonds. The highest BCUT2D eigenvalue weighted by atomic mass is 16.1. The zero-order valence-corrected chi connectivity index (χ0v) is 10.5. The highest BCUT2D eigenvalue weighted by Gasteiger charge is 2.09. The van der Waals surface area contributed by atoms with E-state index in [1.807, 2.05) is 12.1 Å². The van der Waals surface area contributed by atoms with Gasteiger partial charge in [-0.05, 0) is 36.8 Å². The van der Waals surface area contributed by atoms with Gasteiger partial charge in [-0.3, -0.25) is 9.78 Å². The van der Waals surface area contributed by atoms with E-state index in [9.17, 15) is 4.79 Å². The van der Waals surface area contributed by atoms with Crippen molar-refractivity contribution in [1.29, 1.82) is 0 Å². The van der Waals surface area contributed by atoms with Crippen molar-refractivity contribution in [3.8, 4) is 0 Å². The van der Waals surface area contributed by atoms with Crippen LogP contribution in [-0.2, 0) is 6.42 Å². The highest BCUT2D eigenvalue weighted by Crippen LogP contribution is 2.22. The minimum Gasteiger partial charge on any atom is -0.296 e. The Bertz CT molecular complexity index is 339. The molecule has 0 saturated heterocycles. The molecular weight excluding hydrogens is 198 g/mol. The van der Waals surface area contributed by atoms with Gasteiger partial charge in [0.25, 0.3) is 0 Å². The predicted molar refractivity (Wildman–Crippen MR) is 66.6 cm³/mol. The van der Waals surface area contributed by atoms with Gasteiger partial charge >= 0.3 is 0 Å². The largest absolute Gasteiger partial charge is 0.296 e. The van der Waals surface area contributed by atoms with E-state index in [1.165, 1.54) is 12.8 Å². The first-order valence-corrected chi connectivity index (χ1v) is 5.92. The maximum atomic E-state index is 10.6. The number of unbranched alkanes of at least 4 members (excludes halogenated alkanes) is 1. The number of aryl methyl sites for hydroxylation is 1. The van der Waals surface area contributed by atoms with Crippen molar-refractivity contribution in [3.63, 3.8) is 0 Å². The molecule has 1 aromatic heterocycles. The zero-order valence-electron chi connectivity index (χ0n) is 10.5. The highest BCUT2D eigenvalue weighted by molar-refractivity contribution is 5.71. The number of nitrogens with zero attached hydrogens (tertiary/aromatic N) is 1. The normalized spacial score (nSPS) is 11.4. The van der Waals surface area contributed by atoms with Crippen LogP contribution in [0.2, 0.25) is 0 Å². The van der Waals surface area contributed by atoms with E-state index in [2.05, 4.69) is 25.8 Å². The Morgan fingerprint density at radius 1 is 1.25 bits per heavy atom. The fourth-order valence-electron chi connectivity index (χ4n) is 1.66. The topological polar surface area (TPSA) is 30.0 Å². The maximum absolute atomic E-state index is 10.6. The Hall–Kier alpha value is -1.18. The number of aromatic nitrogens is 1. The smallest absolute Gasteiger partial charge is 0.168 e. The number of hydrogen-bond acceptors (Lipinski definition) is 2. The summed E-state index contributed by atoms with van der Waals surface area (Å²) in [6.07, 6.45) is 5.37. The first kappa shape index (κ1) is 12.9. The zero-order chi connectivity index (χ0) is 12.0. The number of carbonyl (C=O) groups excluding carboxylic acids is 1. The molecule has 88 valence electrons. The second kappa shape index (κ2) is 5.78. The van der Waals surface area contributed by atoms with Crippen molar-refractivity contribution in [3.05, 3.63) is 29.6 Å². The van der Waals surface area contributed by atoms with Gasteiger partial charge in [-0.15, -0.1) is 0 Å². The van der Waals surface area contributed by atoms with Gasteiger partial charge in [0, 0.05) is 5.69 Å². The molecule has 0 unspecified atom stereocenters. The lowest BCUT2D eigenvalue weighted by molar-refractivity contribution is 0.111. The first-order valence-electron chi connectivity index (χ1n) is 5.92. The van der Waals surface area contributed by atoms with Crippen LogP contribution in [0.4, 0.5) is 0 Å². The molecule has 0 spiro atoms. The lowest BCUT2D eigenvalue weighted by Gasteiger charge is -2.17. The molecule has 0 N–H and O–H groups in total. The van der Waals surface area contributed by atoms with Crippen LogP contribution >= 0.6 is 0 Å². The van der Waals surface area contributed by atoms with Crippen LogP contribution in [-0.4, -0.2) is 11.3 Å². The summed E-state index contributed by atoms with van der Waals surface area (Å²) in [7, 11) is 0. The van der Waals surface area contributed by atoms with Crippen molar-refractivity contribution in [2.75, 3.05) is 0 Å². The van der Waals surface area contributed by atoms with Crippen LogP contribution < -0.4 is 0 Å². The third-order valence-electron chi connectivity index (χ3n) is 2.56. The summed E-state index contributed by atoms with van der Waals surface area (Å²) in [4.78, 5) is 14.8. The second-order valence-electron chi connectivity index (χ2n) is 5.44. The molecule has 0 aromatic carbocycles. The van der Waals surface area contributed by atoms with Gasteiger partial charge in [0.15, 0.2) is 6.29 Å². The minimum absolute atomic E-state index is 0.415.